The highest BCUT2D eigenvalue weighted by molar-refractivity contribution is 6.16. The maximum absolute atomic E-state index is 12.5. The number of hydrogen-bond donors (Lipinski definition) is 2. The van der Waals surface area contributed by atoms with E-state index in [0.717, 1.165) is 5.56 Å². The van der Waals surface area contributed by atoms with Gasteiger partial charge >= 0.3 is 0 Å². The van der Waals surface area contributed by atoms with Gasteiger partial charge in [0.2, 0.25) is 5.60 Å². The van der Waals surface area contributed by atoms with Crippen LogP contribution in [0.1, 0.15) is 12.0 Å². The van der Waals surface area contributed by atoms with E-state index in [0.29, 0.717) is 25.2 Å². The molecule has 0 aliphatic carbocycles. The molecule has 2 aromatic rings. The smallest absolute Gasteiger partial charge is 0.268 e. The fraction of sp³-hybridized carbons (Fsp3) is 0.263. The molecule has 0 bridgehead atoms. The van der Waals surface area contributed by atoms with Gasteiger partial charge in [0.1, 0.15) is 0 Å². The highest BCUT2D eigenvalue weighted by Crippen LogP contribution is 2.28. The fourth-order valence-corrected chi connectivity index (χ4v) is 2.88. The normalized spacial score (nSPS) is 20.2. The molecule has 1 aliphatic rings. The molecule has 24 heavy (non-hydrogen) atoms. The van der Waals surface area contributed by atoms with E-state index in [-0.39, 0.29) is 6.42 Å². The second kappa shape index (κ2) is 6.84. The van der Waals surface area contributed by atoms with Crippen molar-refractivity contribution in [2.45, 2.75) is 18.4 Å². The summed E-state index contributed by atoms with van der Waals surface area (Å²) in [6.45, 7) is 0.704. The van der Waals surface area contributed by atoms with Crippen molar-refractivity contribution in [1.82, 2.24) is 5.32 Å². The monoisotopic (exact) mass is 324 g/mol. The molecular weight excluding hydrogens is 304 g/mol. The van der Waals surface area contributed by atoms with Crippen molar-refractivity contribution < 1.29 is 14.7 Å². The summed E-state index contributed by atoms with van der Waals surface area (Å²) in [7, 11) is 0. The van der Waals surface area contributed by atoms with E-state index < -0.39 is 17.4 Å². The number of rotatable bonds is 5. The van der Waals surface area contributed by atoms with Gasteiger partial charge in [-0.1, -0.05) is 48.5 Å². The Morgan fingerprint density at radius 3 is 2.38 bits per heavy atom. The minimum atomic E-state index is -1.98. The number of hydrogen-bond acceptors (Lipinski definition) is 3. The maximum Gasteiger partial charge on any atom is 0.268 e. The van der Waals surface area contributed by atoms with E-state index in [1.807, 2.05) is 48.5 Å². The van der Waals surface area contributed by atoms with Crippen LogP contribution in [0.4, 0.5) is 5.69 Å². The van der Waals surface area contributed by atoms with E-state index in [1.54, 1.807) is 12.1 Å². The molecule has 0 spiro atoms. The molecule has 1 fully saturated rings. The number of nitrogens with one attached hydrogen (secondary N) is 1. The van der Waals surface area contributed by atoms with Gasteiger partial charge in [-0.2, -0.15) is 0 Å². The molecule has 3 rings (SSSR count). The van der Waals surface area contributed by atoms with Crippen molar-refractivity contribution in [3.8, 4) is 0 Å². The van der Waals surface area contributed by atoms with Gasteiger partial charge in [0.05, 0.1) is 0 Å². The third-order valence-electron chi connectivity index (χ3n) is 4.28. The predicted octanol–water partition coefficient (Wildman–Crippen LogP) is 1.51. The molecule has 124 valence electrons. The Kier molecular flexibility index (Phi) is 4.62. The molecule has 0 aromatic heterocycles. The van der Waals surface area contributed by atoms with Crippen LogP contribution in [0.3, 0.4) is 0 Å². The second-order valence-corrected chi connectivity index (χ2v) is 5.89. The van der Waals surface area contributed by atoms with E-state index in [9.17, 15) is 14.7 Å². The van der Waals surface area contributed by atoms with Crippen molar-refractivity contribution >= 4 is 17.5 Å². The van der Waals surface area contributed by atoms with Crippen molar-refractivity contribution in [1.29, 1.82) is 0 Å². The lowest BCUT2D eigenvalue weighted by Crippen LogP contribution is -2.52. The average Bonchev–Trinajstić information content (AvgIpc) is 2.93. The summed E-state index contributed by atoms with van der Waals surface area (Å²) in [6.07, 6.45) is 0.747. The zero-order chi connectivity index (χ0) is 17.0. The minimum absolute atomic E-state index is 0.0951. The quantitative estimate of drug-likeness (QED) is 0.819. The van der Waals surface area contributed by atoms with Gasteiger partial charge in [-0.15, -0.1) is 0 Å². The lowest BCUT2D eigenvalue weighted by atomic mass is 10.0. The zero-order valence-electron chi connectivity index (χ0n) is 13.3. The second-order valence-electron chi connectivity index (χ2n) is 5.89. The SMILES string of the molecule is O=C(NCCc1ccccc1)[C@@]1(O)CCN(c2ccccc2)C1=O. The van der Waals surface area contributed by atoms with Crippen LogP contribution in [0.15, 0.2) is 60.7 Å². The number of aliphatic hydroxyl groups is 1. The van der Waals surface area contributed by atoms with E-state index in [2.05, 4.69) is 5.32 Å². The summed E-state index contributed by atoms with van der Waals surface area (Å²) in [4.78, 5) is 26.3. The van der Waals surface area contributed by atoms with Gasteiger partial charge in [0.25, 0.3) is 11.8 Å². The van der Waals surface area contributed by atoms with Crippen LogP contribution >= 0.6 is 0 Å². The van der Waals surface area contributed by atoms with Crippen molar-refractivity contribution in [3.63, 3.8) is 0 Å². The summed E-state index contributed by atoms with van der Waals surface area (Å²) in [6, 6.07) is 18.8. The molecule has 5 heteroatoms. The first-order chi connectivity index (χ1) is 11.6. The molecule has 1 heterocycles. The third kappa shape index (κ3) is 3.16. The van der Waals surface area contributed by atoms with Crippen LogP contribution in [-0.2, 0) is 16.0 Å². The maximum atomic E-state index is 12.5. The number of benzene rings is 2. The number of nitrogens with zero attached hydrogens (tertiary/aromatic N) is 1. The lowest BCUT2D eigenvalue weighted by Gasteiger charge is -2.21. The van der Waals surface area contributed by atoms with Crippen LogP contribution in [0, 0.1) is 0 Å². The molecule has 0 saturated carbocycles. The topological polar surface area (TPSA) is 69.6 Å². The van der Waals surface area contributed by atoms with Crippen LogP contribution in [0.2, 0.25) is 0 Å². The molecule has 1 aliphatic heterocycles. The van der Waals surface area contributed by atoms with Crippen molar-refractivity contribution in [2.75, 3.05) is 18.0 Å². The molecule has 5 nitrogen and oxygen atoms in total. The average molecular weight is 324 g/mol. The van der Waals surface area contributed by atoms with Gasteiger partial charge in [0.15, 0.2) is 0 Å². The molecule has 0 radical (unpaired) electrons. The molecule has 0 unspecified atom stereocenters. The zero-order valence-corrected chi connectivity index (χ0v) is 13.3. The Labute approximate surface area is 140 Å². The Balaban J connectivity index is 1.61. The lowest BCUT2D eigenvalue weighted by molar-refractivity contribution is -0.149. The van der Waals surface area contributed by atoms with Crippen molar-refractivity contribution in [3.05, 3.63) is 66.2 Å². The number of amides is 2. The standard InChI is InChI=1S/C19H20N2O3/c22-17(20-13-11-15-7-3-1-4-8-15)19(24)12-14-21(18(19)23)16-9-5-2-6-10-16/h1-10,24H,11-14H2,(H,20,22)/t19-/m0/s1. The van der Waals surface area contributed by atoms with Crippen LogP contribution in [-0.4, -0.2) is 35.6 Å². The Morgan fingerprint density at radius 2 is 1.71 bits per heavy atom. The van der Waals surface area contributed by atoms with Crippen LogP contribution < -0.4 is 10.2 Å². The molecular formula is C19H20N2O3. The Bertz CT molecular complexity index is 718. The van der Waals surface area contributed by atoms with Gasteiger partial charge in [0, 0.05) is 25.2 Å². The number of carbonyl (C=O) groups excluding carboxylic acids is 2. The van der Waals surface area contributed by atoms with E-state index in [1.165, 1.54) is 4.90 Å². The first-order valence-corrected chi connectivity index (χ1v) is 8.03. The van der Waals surface area contributed by atoms with Gasteiger partial charge in [-0.3, -0.25) is 9.59 Å². The number of para-hydroxylation sites is 1. The summed E-state index contributed by atoms with van der Waals surface area (Å²) in [5.74, 6) is -1.19. The van der Waals surface area contributed by atoms with E-state index in [4.69, 9.17) is 0 Å². The van der Waals surface area contributed by atoms with Crippen LogP contribution in [0.5, 0.6) is 0 Å². The van der Waals surface area contributed by atoms with Crippen molar-refractivity contribution in [2.24, 2.45) is 0 Å². The first-order valence-electron chi connectivity index (χ1n) is 8.03. The summed E-state index contributed by atoms with van der Waals surface area (Å²) in [5.41, 5.74) is -0.198. The largest absolute Gasteiger partial charge is 0.372 e. The predicted molar refractivity (Wildman–Crippen MR) is 91.5 cm³/mol. The Hall–Kier alpha value is -2.66. The highest BCUT2D eigenvalue weighted by Gasteiger charge is 2.51. The fourth-order valence-electron chi connectivity index (χ4n) is 2.88. The molecule has 2 N–H and O–H groups in total. The first kappa shape index (κ1) is 16.2. The summed E-state index contributed by atoms with van der Waals surface area (Å²) < 4.78 is 0. The van der Waals surface area contributed by atoms with Gasteiger partial charge in [-0.25, -0.2) is 0 Å². The van der Waals surface area contributed by atoms with Crippen LogP contribution in [0.25, 0.3) is 0 Å². The highest BCUT2D eigenvalue weighted by atomic mass is 16.3. The summed E-state index contributed by atoms with van der Waals surface area (Å²) in [5, 5.41) is 13.2. The van der Waals surface area contributed by atoms with Gasteiger partial charge < -0.3 is 15.3 Å². The molecule has 2 amide bonds. The van der Waals surface area contributed by atoms with E-state index >= 15 is 0 Å². The minimum Gasteiger partial charge on any atom is -0.372 e. The number of anilines is 1. The third-order valence-corrected chi connectivity index (χ3v) is 4.28. The van der Waals surface area contributed by atoms with Gasteiger partial charge in [-0.05, 0) is 24.1 Å². The molecule has 1 saturated heterocycles. The number of carbonyl (C=O) groups is 2. The molecule has 2 aromatic carbocycles. The molecule has 1 atom stereocenters. The Morgan fingerprint density at radius 1 is 1.08 bits per heavy atom. The summed E-state index contributed by atoms with van der Waals surface area (Å²) >= 11 is 0.